The van der Waals surface area contributed by atoms with E-state index in [1.807, 2.05) is 0 Å². The summed E-state index contributed by atoms with van der Waals surface area (Å²) in [5, 5.41) is 3.59. The van der Waals surface area contributed by atoms with Crippen molar-refractivity contribution in [3.8, 4) is 0 Å². The van der Waals surface area contributed by atoms with Gasteiger partial charge in [0.1, 0.15) is 5.69 Å². The van der Waals surface area contributed by atoms with Gasteiger partial charge in [0.15, 0.2) is 0 Å². The zero-order valence-corrected chi connectivity index (χ0v) is 7.88. The number of alkyl halides is 2. The smallest absolute Gasteiger partial charge is 0.333 e. The highest BCUT2D eigenvalue weighted by Crippen LogP contribution is 2.19. The monoisotopic (exact) mass is 240 g/mol. The molecule has 0 N–H and O–H groups in total. The fourth-order valence-electron chi connectivity index (χ4n) is 0.741. The van der Waals surface area contributed by atoms with Gasteiger partial charge >= 0.3 is 6.55 Å². The molecule has 0 aliphatic heterocycles. The minimum Gasteiger partial charge on any atom is -0.378 e. The van der Waals surface area contributed by atoms with E-state index < -0.39 is 6.55 Å². The number of halogens is 3. The van der Waals surface area contributed by atoms with Crippen LogP contribution in [0.2, 0.25) is 0 Å². The number of methoxy groups -OCH3 is 1. The molecule has 1 heterocycles. The fourth-order valence-corrected chi connectivity index (χ4v) is 1.14. The minimum absolute atomic E-state index is 0.223. The number of rotatable bonds is 3. The Hall–Kier alpha value is -0.490. The van der Waals surface area contributed by atoms with Gasteiger partial charge in [-0.25, -0.2) is 4.68 Å². The number of aromatic nitrogens is 2. The Morgan fingerprint density at radius 1 is 1.75 bits per heavy atom. The van der Waals surface area contributed by atoms with Gasteiger partial charge in [-0.15, -0.1) is 0 Å². The lowest BCUT2D eigenvalue weighted by molar-refractivity contribution is 0.0551. The van der Waals surface area contributed by atoms with Crippen LogP contribution in [0.15, 0.2) is 10.7 Å². The summed E-state index contributed by atoms with van der Waals surface area (Å²) in [6.45, 7) is -2.38. The van der Waals surface area contributed by atoms with Crippen LogP contribution in [0.25, 0.3) is 0 Å². The molecule has 0 atom stereocenters. The van der Waals surface area contributed by atoms with Crippen LogP contribution >= 0.6 is 15.9 Å². The topological polar surface area (TPSA) is 27.1 Å². The standard InChI is InChI=1S/C6H7BrF2N2O/c1-12-3-5-4(7)2-11(10-5)6(8)9/h2,6H,3H2,1H3. The van der Waals surface area contributed by atoms with Gasteiger partial charge in [-0.3, -0.25) is 0 Å². The van der Waals surface area contributed by atoms with Gasteiger partial charge < -0.3 is 4.74 Å². The van der Waals surface area contributed by atoms with Crippen molar-refractivity contribution in [2.45, 2.75) is 13.2 Å². The molecule has 0 aliphatic carbocycles. The second kappa shape index (κ2) is 3.95. The van der Waals surface area contributed by atoms with Gasteiger partial charge in [-0.2, -0.15) is 13.9 Å². The third-order valence-electron chi connectivity index (χ3n) is 1.24. The van der Waals surface area contributed by atoms with Gasteiger partial charge in [0.05, 0.1) is 11.1 Å². The Balaban J connectivity index is 2.85. The molecular formula is C6H7BrF2N2O. The molecule has 12 heavy (non-hydrogen) atoms. The van der Waals surface area contributed by atoms with E-state index in [0.29, 0.717) is 14.8 Å². The summed E-state index contributed by atoms with van der Waals surface area (Å²) < 4.78 is 29.9. The Morgan fingerprint density at radius 2 is 2.42 bits per heavy atom. The van der Waals surface area contributed by atoms with E-state index in [9.17, 15) is 8.78 Å². The zero-order chi connectivity index (χ0) is 9.14. The minimum atomic E-state index is -2.60. The first-order valence-electron chi connectivity index (χ1n) is 3.15. The van der Waals surface area contributed by atoms with Crippen molar-refractivity contribution in [1.82, 2.24) is 9.78 Å². The molecule has 1 rings (SSSR count). The first-order chi connectivity index (χ1) is 5.65. The van der Waals surface area contributed by atoms with Crippen LogP contribution in [0.3, 0.4) is 0 Å². The normalized spacial score (nSPS) is 11.1. The summed E-state index contributed by atoms with van der Waals surface area (Å²) in [5.41, 5.74) is 0.470. The van der Waals surface area contributed by atoms with Crippen molar-refractivity contribution in [1.29, 1.82) is 0 Å². The third-order valence-corrected chi connectivity index (χ3v) is 1.90. The van der Waals surface area contributed by atoms with Crippen LogP contribution in [0, 0.1) is 0 Å². The van der Waals surface area contributed by atoms with Crippen molar-refractivity contribution < 1.29 is 13.5 Å². The van der Waals surface area contributed by atoms with Crippen LogP contribution in [0.5, 0.6) is 0 Å². The number of ether oxygens (including phenoxy) is 1. The molecular weight excluding hydrogens is 234 g/mol. The molecule has 0 amide bonds. The lowest BCUT2D eigenvalue weighted by Gasteiger charge is -1.96. The largest absolute Gasteiger partial charge is 0.378 e. The number of nitrogens with zero attached hydrogens (tertiary/aromatic N) is 2. The predicted molar refractivity (Wildman–Crippen MR) is 41.9 cm³/mol. The average Bonchev–Trinajstić information content (AvgIpc) is 2.34. The summed E-state index contributed by atoms with van der Waals surface area (Å²) in [6, 6.07) is 0. The van der Waals surface area contributed by atoms with Gasteiger partial charge in [0, 0.05) is 13.3 Å². The highest BCUT2D eigenvalue weighted by Gasteiger charge is 2.11. The third kappa shape index (κ3) is 2.01. The van der Waals surface area contributed by atoms with E-state index in [-0.39, 0.29) is 6.61 Å². The molecule has 1 aromatic heterocycles. The van der Waals surface area contributed by atoms with Crippen molar-refractivity contribution >= 4 is 15.9 Å². The van der Waals surface area contributed by atoms with Gasteiger partial charge in [0.25, 0.3) is 0 Å². The van der Waals surface area contributed by atoms with Crippen molar-refractivity contribution in [2.24, 2.45) is 0 Å². The van der Waals surface area contributed by atoms with Crippen LogP contribution in [0.1, 0.15) is 12.2 Å². The summed E-state index contributed by atoms with van der Waals surface area (Å²) >= 11 is 3.09. The maximum absolute atomic E-state index is 12.0. The molecule has 0 fully saturated rings. The quantitative estimate of drug-likeness (QED) is 0.810. The Kier molecular flexibility index (Phi) is 3.16. The maximum atomic E-state index is 12.0. The van der Waals surface area contributed by atoms with E-state index >= 15 is 0 Å². The molecule has 3 nitrogen and oxygen atoms in total. The lowest BCUT2D eigenvalue weighted by atomic mass is 10.5. The summed E-state index contributed by atoms with van der Waals surface area (Å²) in [5.74, 6) is 0. The van der Waals surface area contributed by atoms with Crippen LogP contribution in [-0.4, -0.2) is 16.9 Å². The Morgan fingerprint density at radius 3 is 2.83 bits per heavy atom. The molecule has 0 aromatic carbocycles. The molecule has 0 saturated carbocycles. The SMILES string of the molecule is COCc1nn(C(F)F)cc1Br. The van der Waals surface area contributed by atoms with E-state index in [1.54, 1.807) is 0 Å². The second-order valence-corrected chi connectivity index (χ2v) is 2.97. The lowest BCUT2D eigenvalue weighted by Crippen LogP contribution is -1.99. The van der Waals surface area contributed by atoms with Crippen molar-refractivity contribution in [3.63, 3.8) is 0 Å². The van der Waals surface area contributed by atoms with Gasteiger partial charge in [0.2, 0.25) is 0 Å². The van der Waals surface area contributed by atoms with Gasteiger partial charge in [-0.1, -0.05) is 0 Å². The molecule has 68 valence electrons. The predicted octanol–water partition coefficient (Wildman–Crippen LogP) is 2.19. The molecule has 0 unspecified atom stereocenters. The van der Waals surface area contributed by atoms with Crippen molar-refractivity contribution in [3.05, 3.63) is 16.4 Å². The zero-order valence-electron chi connectivity index (χ0n) is 6.30. The fraction of sp³-hybridized carbons (Fsp3) is 0.500. The second-order valence-electron chi connectivity index (χ2n) is 2.11. The molecule has 0 aliphatic rings. The number of hydrogen-bond acceptors (Lipinski definition) is 2. The van der Waals surface area contributed by atoms with Crippen LogP contribution < -0.4 is 0 Å². The van der Waals surface area contributed by atoms with E-state index in [2.05, 4.69) is 21.0 Å². The molecule has 0 spiro atoms. The molecule has 0 bridgehead atoms. The Bertz CT molecular complexity index is 264. The molecule has 0 saturated heterocycles. The van der Waals surface area contributed by atoms with Gasteiger partial charge in [-0.05, 0) is 15.9 Å². The number of hydrogen-bond donors (Lipinski definition) is 0. The first-order valence-corrected chi connectivity index (χ1v) is 3.95. The van der Waals surface area contributed by atoms with E-state index in [1.165, 1.54) is 13.3 Å². The first kappa shape index (κ1) is 9.60. The highest BCUT2D eigenvalue weighted by atomic mass is 79.9. The van der Waals surface area contributed by atoms with Crippen LogP contribution in [0.4, 0.5) is 8.78 Å². The molecule has 0 radical (unpaired) electrons. The summed E-state index contributed by atoms with van der Waals surface area (Å²) in [4.78, 5) is 0. The molecule has 6 heteroatoms. The highest BCUT2D eigenvalue weighted by molar-refractivity contribution is 9.10. The summed E-state index contributed by atoms with van der Waals surface area (Å²) in [6.07, 6.45) is 1.22. The van der Waals surface area contributed by atoms with E-state index in [0.717, 1.165) is 0 Å². The van der Waals surface area contributed by atoms with E-state index in [4.69, 9.17) is 4.74 Å². The Labute approximate surface area is 76.4 Å². The molecule has 1 aromatic rings. The summed E-state index contributed by atoms with van der Waals surface area (Å²) in [7, 11) is 1.48. The van der Waals surface area contributed by atoms with Crippen LogP contribution in [-0.2, 0) is 11.3 Å². The maximum Gasteiger partial charge on any atom is 0.333 e. The average molecular weight is 241 g/mol. The van der Waals surface area contributed by atoms with Crippen molar-refractivity contribution in [2.75, 3.05) is 7.11 Å².